The van der Waals surface area contributed by atoms with Crippen molar-refractivity contribution >= 4 is 42.4 Å². The molecule has 1 unspecified atom stereocenters. The molecule has 0 N–H and O–H groups in total. The summed E-state index contributed by atoms with van der Waals surface area (Å²) in [5.41, 5.74) is 0. The summed E-state index contributed by atoms with van der Waals surface area (Å²) in [6.45, 7) is 0. The number of rotatable bonds is 8. The Balaban J connectivity index is 2.35. The third-order valence-corrected chi connectivity index (χ3v) is 4.62. The standard InChI is InChI=1S/C16H17Cl2O4P/c1-19-12-4-3-5-15(16(12)20-2)23-14-7-6-11(21-9-17)8-13(14)22-10-18/h3-8,23H,9-10H2,1-2H3. The van der Waals surface area contributed by atoms with Crippen LogP contribution < -0.4 is 29.6 Å². The second-order valence-electron chi connectivity index (χ2n) is 4.33. The van der Waals surface area contributed by atoms with Gasteiger partial charge in [-0.05, 0) is 18.2 Å². The summed E-state index contributed by atoms with van der Waals surface area (Å²) in [5, 5.41) is 2.00. The maximum atomic E-state index is 5.72. The number of halogens is 2. The van der Waals surface area contributed by atoms with Crippen LogP contribution in [-0.2, 0) is 0 Å². The maximum Gasteiger partial charge on any atom is 0.168 e. The molecule has 0 aromatic heterocycles. The van der Waals surface area contributed by atoms with Gasteiger partial charge in [0.05, 0.1) is 14.2 Å². The Bertz CT molecular complexity index is 652. The Morgan fingerprint density at radius 2 is 1.65 bits per heavy atom. The maximum absolute atomic E-state index is 5.72. The minimum absolute atomic E-state index is 0.0526. The number of ether oxygens (including phenoxy) is 4. The van der Waals surface area contributed by atoms with Crippen molar-refractivity contribution in [1.29, 1.82) is 0 Å². The van der Waals surface area contributed by atoms with Crippen LogP contribution in [0.2, 0.25) is 0 Å². The number of hydrogen-bond donors (Lipinski definition) is 0. The van der Waals surface area contributed by atoms with Crippen molar-refractivity contribution in [3.05, 3.63) is 36.4 Å². The summed E-state index contributed by atoms with van der Waals surface area (Å²) in [6, 6.07) is 11.5. The van der Waals surface area contributed by atoms with Gasteiger partial charge in [0.15, 0.2) is 23.6 Å². The second-order valence-corrected chi connectivity index (χ2v) is 6.09. The molecule has 0 aliphatic heterocycles. The molecule has 0 heterocycles. The van der Waals surface area contributed by atoms with E-state index in [-0.39, 0.29) is 12.1 Å². The zero-order chi connectivity index (χ0) is 16.7. The highest BCUT2D eigenvalue weighted by Gasteiger charge is 2.13. The van der Waals surface area contributed by atoms with Gasteiger partial charge >= 0.3 is 0 Å². The number of alkyl halides is 2. The zero-order valence-electron chi connectivity index (χ0n) is 12.8. The molecule has 0 aliphatic rings. The van der Waals surface area contributed by atoms with Gasteiger partial charge in [-0.3, -0.25) is 0 Å². The molecule has 0 saturated heterocycles. The van der Waals surface area contributed by atoms with Gasteiger partial charge in [0, 0.05) is 16.7 Å². The lowest BCUT2D eigenvalue weighted by Gasteiger charge is -2.15. The van der Waals surface area contributed by atoms with E-state index >= 15 is 0 Å². The number of benzene rings is 2. The third-order valence-electron chi connectivity index (χ3n) is 3.06. The van der Waals surface area contributed by atoms with E-state index in [0.717, 1.165) is 10.6 Å². The first kappa shape index (κ1) is 18.0. The van der Waals surface area contributed by atoms with Crippen LogP contribution in [0.25, 0.3) is 0 Å². The first-order chi connectivity index (χ1) is 11.2. The van der Waals surface area contributed by atoms with E-state index in [0.29, 0.717) is 31.6 Å². The summed E-state index contributed by atoms with van der Waals surface area (Å²) in [6.07, 6.45) is 0. The van der Waals surface area contributed by atoms with Crippen LogP contribution in [0.3, 0.4) is 0 Å². The summed E-state index contributed by atoms with van der Waals surface area (Å²) in [4.78, 5) is 0. The second kappa shape index (κ2) is 9.07. The summed E-state index contributed by atoms with van der Waals surface area (Å²) >= 11 is 11.3. The van der Waals surface area contributed by atoms with E-state index in [1.54, 1.807) is 20.3 Å². The van der Waals surface area contributed by atoms with Crippen LogP contribution >= 0.6 is 31.8 Å². The van der Waals surface area contributed by atoms with Gasteiger partial charge in [0.1, 0.15) is 11.5 Å². The van der Waals surface area contributed by atoms with E-state index in [4.69, 9.17) is 42.1 Å². The minimum Gasteiger partial charge on any atom is -0.493 e. The van der Waals surface area contributed by atoms with Crippen molar-refractivity contribution in [2.75, 3.05) is 26.4 Å². The molecule has 7 heteroatoms. The summed E-state index contributed by atoms with van der Waals surface area (Å²) in [7, 11) is 3.55. The van der Waals surface area contributed by atoms with Crippen LogP contribution in [0, 0.1) is 0 Å². The van der Waals surface area contributed by atoms with Gasteiger partial charge in [-0.1, -0.05) is 43.9 Å². The van der Waals surface area contributed by atoms with Crippen LogP contribution in [0.1, 0.15) is 0 Å². The van der Waals surface area contributed by atoms with Gasteiger partial charge in [0.25, 0.3) is 0 Å². The van der Waals surface area contributed by atoms with Crippen molar-refractivity contribution in [3.63, 3.8) is 0 Å². The molecule has 2 rings (SSSR count). The molecular weight excluding hydrogens is 358 g/mol. The monoisotopic (exact) mass is 374 g/mol. The van der Waals surface area contributed by atoms with Gasteiger partial charge < -0.3 is 18.9 Å². The molecule has 0 saturated carbocycles. The van der Waals surface area contributed by atoms with Crippen molar-refractivity contribution in [2.45, 2.75) is 0 Å². The fourth-order valence-corrected chi connectivity index (χ4v) is 3.55. The van der Waals surface area contributed by atoms with E-state index in [2.05, 4.69) is 0 Å². The van der Waals surface area contributed by atoms with Crippen LogP contribution in [0.4, 0.5) is 0 Å². The average molecular weight is 375 g/mol. The highest BCUT2D eigenvalue weighted by molar-refractivity contribution is 7.56. The first-order valence-corrected chi connectivity index (χ1v) is 8.80. The van der Waals surface area contributed by atoms with Gasteiger partial charge in [0.2, 0.25) is 0 Å². The van der Waals surface area contributed by atoms with E-state index in [1.807, 2.05) is 30.3 Å². The molecule has 0 spiro atoms. The third kappa shape index (κ3) is 4.57. The molecular formula is C16H17Cl2O4P. The minimum atomic E-state index is 0.0526. The SMILES string of the molecule is COc1cccc(Pc2ccc(OCCl)cc2OCCl)c1OC. The van der Waals surface area contributed by atoms with Crippen molar-refractivity contribution in [3.8, 4) is 23.0 Å². The Morgan fingerprint density at radius 1 is 0.870 bits per heavy atom. The molecule has 1 atom stereocenters. The van der Waals surface area contributed by atoms with Crippen LogP contribution in [-0.4, -0.2) is 26.4 Å². The molecule has 0 aliphatic carbocycles. The molecule has 4 nitrogen and oxygen atoms in total. The lowest BCUT2D eigenvalue weighted by atomic mass is 10.3. The normalized spacial score (nSPS) is 10.8. The quantitative estimate of drug-likeness (QED) is 0.523. The highest BCUT2D eigenvalue weighted by Crippen LogP contribution is 2.32. The van der Waals surface area contributed by atoms with Gasteiger partial charge in [-0.25, -0.2) is 0 Å². The van der Waals surface area contributed by atoms with Gasteiger partial charge in [-0.15, -0.1) is 0 Å². The Morgan fingerprint density at radius 3 is 2.30 bits per heavy atom. The highest BCUT2D eigenvalue weighted by atomic mass is 35.5. The molecule has 2 aromatic carbocycles. The topological polar surface area (TPSA) is 36.9 Å². The van der Waals surface area contributed by atoms with Crippen molar-refractivity contribution < 1.29 is 18.9 Å². The zero-order valence-corrected chi connectivity index (χ0v) is 15.3. The molecule has 0 amide bonds. The summed E-state index contributed by atoms with van der Waals surface area (Å²) in [5.74, 6) is 2.70. The van der Waals surface area contributed by atoms with Crippen LogP contribution in [0.5, 0.6) is 23.0 Å². The fourth-order valence-electron chi connectivity index (χ4n) is 2.07. The number of methoxy groups -OCH3 is 2. The Labute approximate surface area is 147 Å². The molecule has 0 bridgehead atoms. The van der Waals surface area contributed by atoms with E-state index in [9.17, 15) is 0 Å². The molecule has 0 radical (unpaired) electrons. The first-order valence-electron chi connectivity index (χ1n) is 6.73. The van der Waals surface area contributed by atoms with Crippen LogP contribution in [0.15, 0.2) is 36.4 Å². The van der Waals surface area contributed by atoms with Gasteiger partial charge in [-0.2, -0.15) is 0 Å². The smallest absolute Gasteiger partial charge is 0.168 e. The Hall–Kier alpha value is -1.35. The van der Waals surface area contributed by atoms with E-state index < -0.39 is 0 Å². The molecule has 0 fully saturated rings. The predicted molar refractivity (Wildman–Crippen MR) is 96.3 cm³/mol. The average Bonchev–Trinajstić information content (AvgIpc) is 2.57. The summed E-state index contributed by atoms with van der Waals surface area (Å²) < 4.78 is 21.6. The predicted octanol–water partition coefficient (Wildman–Crippen LogP) is 3.48. The lowest BCUT2D eigenvalue weighted by molar-refractivity contribution is 0.357. The van der Waals surface area contributed by atoms with Crippen molar-refractivity contribution in [1.82, 2.24) is 0 Å². The fraction of sp³-hybridized carbons (Fsp3) is 0.250. The molecule has 2 aromatic rings. The number of hydrogen-bond acceptors (Lipinski definition) is 4. The van der Waals surface area contributed by atoms with E-state index in [1.165, 1.54) is 0 Å². The lowest BCUT2D eigenvalue weighted by Crippen LogP contribution is -2.11. The molecule has 23 heavy (non-hydrogen) atoms. The molecule has 124 valence electrons. The number of para-hydroxylation sites is 1. The largest absolute Gasteiger partial charge is 0.493 e. The Kier molecular flexibility index (Phi) is 7.10. The van der Waals surface area contributed by atoms with Crippen molar-refractivity contribution in [2.24, 2.45) is 0 Å².